The first-order chi connectivity index (χ1) is 9.58. The largest absolute Gasteiger partial charge is 0.324 e. The van der Waals surface area contributed by atoms with Gasteiger partial charge in [-0.3, -0.25) is 0 Å². The number of hydrogen-bond acceptors (Lipinski definition) is 2. The van der Waals surface area contributed by atoms with Gasteiger partial charge in [0.2, 0.25) is 0 Å². The zero-order chi connectivity index (χ0) is 15.0. The zero-order valence-corrected chi connectivity index (χ0v) is 13.7. The number of hydrogen-bond donors (Lipinski definition) is 1. The van der Waals surface area contributed by atoms with Crippen molar-refractivity contribution in [3.63, 3.8) is 0 Å². The van der Waals surface area contributed by atoms with Gasteiger partial charge in [-0.15, -0.1) is 0 Å². The first kappa shape index (κ1) is 17.2. The molecule has 1 unspecified atom stereocenters. The highest BCUT2D eigenvalue weighted by Gasteiger charge is 2.17. The van der Waals surface area contributed by atoms with Crippen molar-refractivity contribution in [1.29, 1.82) is 0 Å². The van der Waals surface area contributed by atoms with Gasteiger partial charge in [0.1, 0.15) is 0 Å². The predicted molar refractivity (Wildman–Crippen MR) is 88.8 cm³/mol. The molecule has 0 heterocycles. The third kappa shape index (κ3) is 5.64. The summed E-state index contributed by atoms with van der Waals surface area (Å²) in [4.78, 5) is 2.63. The van der Waals surface area contributed by atoms with Crippen LogP contribution in [0.25, 0.3) is 0 Å². The molecule has 0 saturated heterocycles. The van der Waals surface area contributed by atoms with E-state index in [9.17, 15) is 0 Å². The van der Waals surface area contributed by atoms with Crippen LogP contribution in [-0.2, 0) is 0 Å². The number of nitrogens with two attached hydrogens (primary N) is 1. The molecule has 0 aliphatic carbocycles. The quantitative estimate of drug-likeness (QED) is 0.731. The minimum atomic E-state index is 0.153. The minimum Gasteiger partial charge on any atom is -0.324 e. The van der Waals surface area contributed by atoms with E-state index in [-0.39, 0.29) is 6.04 Å². The lowest BCUT2D eigenvalue weighted by Crippen LogP contribution is -2.39. The molecule has 0 amide bonds. The lowest BCUT2D eigenvalue weighted by molar-refractivity contribution is 0.160. The zero-order valence-electron chi connectivity index (χ0n) is 13.7. The average molecular weight is 276 g/mol. The lowest BCUT2D eigenvalue weighted by Gasteiger charge is -2.32. The van der Waals surface area contributed by atoms with Crippen molar-refractivity contribution in [2.75, 3.05) is 13.1 Å². The van der Waals surface area contributed by atoms with Gasteiger partial charge < -0.3 is 10.6 Å². The standard InChI is InChI=1S/C18H32N2/c1-5-17(6-2)20(14-15(3)4)13-12-18(19)16-10-8-7-9-11-16/h7-11,15,17-18H,5-6,12-14,19H2,1-4H3. The maximum atomic E-state index is 6.33. The molecule has 1 atom stereocenters. The van der Waals surface area contributed by atoms with Crippen LogP contribution in [0.15, 0.2) is 30.3 Å². The van der Waals surface area contributed by atoms with Crippen molar-refractivity contribution >= 4 is 0 Å². The third-order valence-corrected chi connectivity index (χ3v) is 4.01. The Kier molecular flexibility index (Phi) is 7.86. The van der Waals surface area contributed by atoms with E-state index in [2.05, 4.69) is 56.9 Å². The van der Waals surface area contributed by atoms with Gasteiger partial charge in [0, 0.05) is 25.2 Å². The Bertz CT molecular complexity index is 344. The Labute approximate surface area is 125 Å². The van der Waals surface area contributed by atoms with Crippen LogP contribution in [0.1, 0.15) is 58.6 Å². The number of nitrogens with zero attached hydrogens (tertiary/aromatic N) is 1. The third-order valence-electron chi connectivity index (χ3n) is 4.01. The van der Waals surface area contributed by atoms with Crippen LogP contribution >= 0.6 is 0 Å². The molecule has 0 aliphatic rings. The maximum Gasteiger partial charge on any atom is 0.0307 e. The molecule has 0 spiro atoms. The first-order valence-electron chi connectivity index (χ1n) is 8.13. The van der Waals surface area contributed by atoms with E-state index in [1.807, 2.05) is 6.07 Å². The molecule has 1 rings (SSSR count). The fourth-order valence-electron chi connectivity index (χ4n) is 2.87. The highest BCUT2D eigenvalue weighted by molar-refractivity contribution is 5.18. The van der Waals surface area contributed by atoms with E-state index in [0.29, 0.717) is 12.0 Å². The number of benzene rings is 1. The molecule has 20 heavy (non-hydrogen) atoms. The van der Waals surface area contributed by atoms with Crippen LogP contribution in [-0.4, -0.2) is 24.0 Å². The summed E-state index contributed by atoms with van der Waals surface area (Å²) in [5.41, 5.74) is 7.58. The van der Waals surface area contributed by atoms with Crippen LogP contribution in [0.3, 0.4) is 0 Å². The topological polar surface area (TPSA) is 29.3 Å². The van der Waals surface area contributed by atoms with E-state index in [1.165, 1.54) is 24.9 Å². The van der Waals surface area contributed by atoms with Crippen LogP contribution in [0.2, 0.25) is 0 Å². The Hall–Kier alpha value is -0.860. The molecular formula is C18H32N2. The summed E-state index contributed by atoms with van der Waals surface area (Å²) in [6.45, 7) is 11.4. The SMILES string of the molecule is CCC(CC)N(CCC(N)c1ccccc1)CC(C)C. The maximum absolute atomic E-state index is 6.33. The highest BCUT2D eigenvalue weighted by atomic mass is 15.2. The summed E-state index contributed by atoms with van der Waals surface area (Å²) in [5, 5.41) is 0. The molecule has 2 nitrogen and oxygen atoms in total. The lowest BCUT2D eigenvalue weighted by atomic mass is 10.0. The van der Waals surface area contributed by atoms with E-state index in [4.69, 9.17) is 5.73 Å². The molecule has 0 aliphatic heterocycles. The van der Waals surface area contributed by atoms with Crippen molar-refractivity contribution < 1.29 is 0 Å². The van der Waals surface area contributed by atoms with Gasteiger partial charge >= 0.3 is 0 Å². The number of rotatable bonds is 9. The second kappa shape index (κ2) is 9.15. The highest BCUT2D eigenvalue weighted by Crippen LogP contribution is 2.17. The molecule has 114 valence electrons. The van der Waals surface area contributed by atoms with Gasteiger partial charge in [-0.1, -0.05) is 58.0 Å². The monoisotopic (exact) mass is 276 g/mol. The van der Waals surface area contributed by atoms with E-state index in [0.717, 1.165) is 13.0 Å². The summed E-state index contributed by atoms with van der Waals surface area (Å²) in [5.74, 6) is 0.712. The average Bonchev–Trinajstić information content (AvgIpc) is 2.45. The fraction of sp³-hybridized carbons (Fsp3) is 0.667. The molecule has 0 saturated carbocycles. The molecule has 0 aromatic heterocycles. The van der Waals surface area contributed by atoms with Gasteiger partial charge in [-0.05, 0) is 30.7 Å². The van der Waals surface area contributed by atoms with Crippen molar-refractivity contribution in [2.24, 2.45) is 11.7 Å². The van der Waals surface area contributed by atoms with E-state index >= 15 is 0 Å². The van der Waals surface area contributed by atoms with Crippen molar-refractivity contribution in [1.82, 2.24) is 4.90 Å². The fourth-order valence-corrected chi connectivity index (χ4v) is 2.87. The molecular weight excluding hydrogens is 244 g/mol. The van der Waals surface area contributed by atoms with Crippen LogP contribution in [0.4, 0.5) is 0 Å². The molecule has 0 fully saturated rings. The predicted octanol–water partition coefficient (Wildman–Crippen LogP) is 4.22. The van der Waals surface area contributed by atoms with Gasteiger partial charge in [0.25, 0.3) is 0 Å². The minimum absolute atomic E-state index is 0.153. The summed E-state index contributed by atoms with van der Waals surface area (Å²) in [7, 11) is 0. The smallest absolute Gasteiger partial charge is 0.0307 e. The van der Waals surface area contributed by atoms with E-state index < -0.39 is 0 Å². The van der Waals surface area contributed by atoms with Crippen molar-refractivity contribution in [3.8, 4) is 0 Å². The molecule has 1 aromatic rings. The van der Waals surface area contributed by atoms with Crippen LogP contribution < -0.4 is 5.73 Å². The summed E-state index contributed by atoms with van der Waals surface area (Å²) >= 11 is 0. The van der Waals surface area contributed by atoms with Gasteiger partial charge in [0.05, 0.1) is 0 Å². The Balaban J connectivity index is 2.57. The first-order valence-corrected chi connectivity index (χ1v) is 8.13. The van der Waals surface area contributed by atoms with E-state index in [1.54, 1.807) is 0 Å². The Morgan fingerprint density at radius 1 is 1.05 bits per heavy atom. The molecule has 0 radical (unpaired) electrons. The molecule has 2 N–H and O–H groups in total. The Morgan fingerprint density at radius 3 is 2.15 bits per heavy atom. The normalized spacial score (nSPS) is 13.4. The Morgan fingerprint density at radius 2 is 1.65 bits per heavy atom. The summed E-state index contributed by atoms with van der Waals surface area (Å²) < 4.78 is 0. The second-order valence-electron chi connectivity index (χ2n) is 6.16. The molecule has 0 bridgehead atoms. The molecule has 2 heteroatoms. The van der Waals surface area contributed by atoms with Crippen LogP contribution in [0, 0.1) is 5.92 Å². The van der Waals surface area contributed by atoms with Crippen molar-refractivity contribution in [3.05, 3.63) is 35.9 Å². The van der Waals surface area contributed by atoms with Gasteiger partial charge in [-0.25, -0.2) is 0 Å². The van der Waals surface area contributed by atoms with Crippen molar-refractivity contribution in [2.45, 2.75) is 59.0 Å². The molecule has 1 aromatic carbocycles. The second-order valence-corrected chi connectivity index (χ2v) is 6.16. The summed E-state index contributed by atoms with van der Waals surface area (Å²) in [6.07, 6.45) is 3.49. The van der Waals surface area contributed by atoms with Crippen LogP contribution in [0.5, 0.6) is 0 Å². The summed E-state index contributed by atoms with van der Waals surface area (Å²) in [6, 6.07) is 11.3. The van der Waals surface area contributed by atoms with Gasteiger partial charge in [-0.2, -0.15) is 0 Å². The van der Waals surface area contributed by atoms with Gasteiger partial charge in [0.15, 0.2) is 0 Å².